The minimum atomic E-state index is -0.942. The molecule has 0 fully saturated rings. The number of imide groups is 1. The number of ether oxygens (including phenoxy) is 1. The first-order chi connectivity index (χ1) is 13.5. The van der Waals surface area contributed by atoms with Gasteiger partial charge in [-0.05, 0) is 40.0 Å². The first-order valence-electron chi connectivity index (χ1n) is 9.49. The van der Waals surface area contributed by atoms with E-state index in [1.54, 1.807) is 13.8 Å². The first-order valence-corrected chi connectivity index (χ1v) is 9.49. The summed E-state index contributed by atoms with van der Waals surface area (Å²) >= 11 is 0. The van der Waals surface area contributed by atoms with Gasteiger partial charge in [-0.25, -0.2) is 4.79 Å². The molecule has 2 amide bonds. The lowest BCUT2D eigenvalue weighted by atomic mass is 9.90. The second-order valence-corrected chi connectivity index (χ2v) is 7.92. The summed E-state index contributed by atoms with van der Waals surface area (Å²) in [5, 5.41) is 19.2. The number of amides is 2. The number of hydrogen-bond acceptors (Lipinski definition) is 7. The van der Waals surface area contributed by atoms with Crippen molar-refractivity contribution in [1.29, 1.82) is 0 Å². The highest BCUT2D eigenvalue weighted by Gasteiger charge is 2.33. The third kappa shape index (κ3) is 5.38. The lowest BCUT2D eigenvalue weighted by molar-refractivity contribution is -0.158. The first kappa shape index (κ1) is 22.5. The Morgan fingerprint density at radius 1 is 1.03 bits per heavy atom. The van der Waals surface area contributed by atoms with E-state index in [0.29, 0.717) is 24.0 Å². The van der Waals surface area contributed by atoms with Crippen LogP contribution in [0.25, 0.3) is 0 Å². The largest absolute Gasteiger partial charge is 0.492 e. The summed E-state index contributed by atoms with van der Waals surface area (Å²) in [6.07, 6.45) is 3.96. The molecule has 160 valence electrons. The monoisotopic (exact) mass is 408 g/mol. The molecule has 9 nitrogen and oxygen atoms in total. The van der Waals surface area contributed by atoms with Crippen LogP contribution in [0.4, 0.5) is 0 Å². The molecule has 2 N–H and O–H groups in total. The van der Waals surface area contributed by atoms with Gasteiger partial charge in [-0.2, -0.15) is 0 Å². The van der Waals surface area contributed by atoms with Crippen LogP contribution < -0.4 is 4.84 Å². The standard InChI is InChI=1S/C20H28N2O7/c1-5-20(4,10-12-21-14(23)6-7-15(21)24)28-13-11-19(2,3)18(27)29-22-16(25)8-9-17(22)26/h6-9,25-26H,5,10-13H2,1-4H3. The van der Waals surface area contributed by atoms with Crippen molar-refractivity contribution in [3.05, 3.63) is 24.3 Å². The topological polar surface area (TPSA) is 118 Å². The highest BCUT2D eigenvalue weighted by molar-refractivity contribution is 6.12. The van der Waals surface area contributed by atoms with Crippen LogP contribution in [0.5, 0.6) is 11.8 Å². The molecule has 1 unspecified atom stereocenters. The SMILES string of the molecule is CCC(C)(CCN1C(=O)C=CC1=O)OCCC(C)(C)C(=O)On1c(O)ccc1O. The maximum absolute atomic E-state index is 12.4. The van der Waals surface area contributed by atoms with Gasteiger partial charge >= 0.3 is 5.97 Å². The Kier molecular flexibility index (Phi) is 6.73. The van der Waals surface area contributed by atoms with Gasteiger partial charge in [-0.3, -0.25) is 14.5 Å². The average Bonchev–Trinajstić information content (AvgIpc) is 3.15. The van der Waals surface area contributed by atoms with Crippen molar-refractivity contribution in [2.75, 3.05) is 13.2 Å². The van der Waals surface area contributed by atoms with Gasteiger partial charge in [0, 0.05) is 37.4 Å². The Labute approximate surface area is 169 Å². The number of nitrogens with zero attached hydrogens (tertiary/aromatic N) is 2. The molecule has 2 rings (SSSR count). The van der Waals surface area contributed by atoms with Crippen molar-refractivity contribution < 1.29 is 34.2 Å². The van der Waals surface area contributed by atoms with Gasteiger partial charge in [-0.15, -0.1) is 4.73 Å². The molecule has 1 aromatic heterocycles. The van der Waals surface area contributed by atoms with E-state index < -0.39 is 17.0 Å². The zero-order valence-corrected chi connectivity index (χ0v) is 17.2. The molecule has 2 heterocycles. The second-order valence-electron chi connectivity index (χ2n) is 7.92. The Balaban J connectivity index is 1.87. The van der Waals surface area contributed by atoms with Crippen LogP contribution in [0.2, 0.25) is 0 Å². The molecule has 29 heavy (non-hydrogen) atoms. The smallest absolute Gasteiger partial charge is 0.338 e. The minimum Gasteiger partial charge on any atom is -0.492 e. The summed E-state index contributed by atoms with van der Waals surface area (Å²) in [6, 6.07) is 2.41. The summed E-state index contributed by atoms with van der Waals surface area (Å²) in [4.78, 5) is 42.0. The quantitative estimate of drug-likeness (QED) is 0.567. The molecule has 0 radical (unpaired) electrons. The predicted octanol–water partition coefficient (Wildman–Crippen LogP) is 1.77. The molecular formula is C20H28N2O7. The minimum absolute atomic E-state index is 0.246. The summed E-state index contributed by atoms with van der Waals surface area (Å²) in [7, 11) is 0. The van der Waals surface area contributed by atoms with Gasteiger partial charge in [0.2, 0.25) is 11.8 Å². The highest BCUT2D eigenvalue weighted by Crippen LogP contribution is 2.27. The van der Waals surface area contributed by atoms with Crippen molar-refractivity contribution in [1.82, 2.24) is 9.63 Å². The molecule has 1 aromatic rings. The third-order valence-corrected chi connectivity index (χ3v) is 5.21. The van der Waals surface area contributed by atoms with Crippen LogP contribution in [0.15, 0.2) is 24.3 Å². The van der Waals surface area contributed by atoms with Crippen molar-refractivity contribution in [3.63, 3.8) is 0 Å². The second kappa shape index (κ2) is 8.69. The third-order valence-electron chi connectivity index (χ3n) is 5.21. The van der Waals surface area contributed by atoms with Gasteiger partial charge in [0.1, 0.15) is 0 Å². The molecule has 0 aromatic carbocycles. The maximum atomic E-state index is 12.4. The van der Waals surface area contributed by atoms with E-state index in [4.69, 9.17) is 9.57 Å². The van der Waals surface area contributed by atoms with Crippen LogP contribution in [0.3, 0.4) is 0 Å². The van der Waals surface area contributed by atoms with Crippen LogP contribution in [-0.4, -0.2) is 56.4 Å². The van der Waals surface area contributed by atoms with E-state index in [-0.39, 0.29) is 36.7 Å². The molecule has 1 aliphatic heterocycles. The summed E-state index contributed by atoms with van der Waals surface area (Å²) < 4.78 is 6.65. The number of rotatable bonds is 10. The molecule has 0 aliphatic carbocycles. The van der Waals surface area contributed by atoms with Crippen molar-refractivity contribution >= 4 is 17.8 Å². The average molecular weight is 408 g/mol. The number of carbonyl (C=O) groups excluding carboxylic acids is 3. The van der Waals surface area contributed by atoms with E-state index in [9.17, 15) is 24.6 Å². The van der Waals surface area contributed by atoms with Gasteiger partial charge < -0.3 is 19.8 Å². The summed E-state index contributed by atoms with van der Waals surface area (Å²) in [6.45, 7) is 7.69. The van der Waals surface area contributed by atoms with Gasteiger partial charge in [-0.1, -0.05) is 6.92 Å². The van der Waals surface area contributed by atoms with E-state index in [2.05, 4.69) is 0 Å². The van der Waals surface area contributed by atoms with Crippen molar-refractivity contribution in [2.24, 2.45) is 5.41 Å². The molecular weight excluding hydrogens is 380 g/mol. The lowest BCUT2D eigenvalue weighted by Crippen LogP contribution is -2.39. The van der Waals surface area contributed by atoms with Crippen LogP contribution in [-0.2, 0) is 19.1 Å². The molecule has 1 atom stereocenters. The maximum Gasteiger partial charge on any atom is 0.338 e. The molecule has 0 saturated heterocycles. The van der Waals surface area contributed by atoms with Crippen molar-refractivity contribution in [2.45, 2.75) is 52.6 Å². The van der Waals surface area contributed by atoms with Gasteiger partial charge in [0.25, 0.3) is 11.8 Å². The Morgan fingerprint density at radius 2 is 1.59 bits per heavy atom. The van der Waals surface area contributed by atoms with E-state index >= 15 is 0 Å². The summed E-state index contributed by atoms with van der Waals surface area (Å²) in [5.74, 6) is -2.06. The predicted molar refractivity (Wildman–Crippen MR) is 103 cm³/mol. The number of carbonyl (C=O) groups is 3. The molecule has 0 bridgehead atoms. The Hall–Kier alpha value is -2.81. The zero-order chi connectivity index (χ0) is 21.8. The van der Waals surface area contributed by atoms with Gasteiger partial charge in [0.15, 0.2) is 0 Å². The molecule has 1 aliphatic rings. The zero-order valence-electron chi connectivity index (χ0n) is 17.2. The Bertz CT molecular complexity index is 774. The number of aromatic nitrogens is 1. The van der Waals surface area contributed by atoms with Crippen LogP contribution in [0, 0.1) is 5.41 Å². The molecule has 9 heteroatoms. The normalized spacial score (nSPS) is 16.3. The fraction of sp³-hybridized carbons (Fsp3) is 0.550. The van der Waals surface area contributed by atoms with Crippen molar-refractivity contribution in [3.8, 4) is 11.8 Å². The lowest BCUT2D eigenvalue weighted by Gasteiger charge is -2.32. The van der Waals surface area contributed by atoms with Crippen LogP contribution in [0.1, 0.15) is 47.0 Å². The molecule has 0 spiro atoms. The number of hydrogen-bond donors (Lipinski definition) is 2. The Morgan fingerprint density at radius 3 is 2.10 bits per heavy atom. The fourth-order valence-electron chi connectivity index (χ4n) is 2.71. The molecule has 0 saturated carbocycles. The number of aromatic hydroxyl groups is 2. The highest BCUT2D eigenvalue weighted by atomic mass is 16.7. The van der Waals surface area contributed by atoms with E-state index in [0.717, 1.165) is 0 Å². The van der Waals surface area contributed by atoms with E-state index in [1.807, 2.05) is 13.8 Å². The summed E-state index contributed by atoms with van der Waals surface area (Å²) in [5.41, 5.74) is -1.51. The van der Waals surface area contributed by atoms with Gasteiger partial charge in [0.05, 0.1) is 11.0 Å². The van der Waals surface area contributed by atoms with Crippen LogP contribution >= 0.6 is 0 Å². The van der Waals surface area contributed by atoms with E-state index in [1.165, 1.54) is 29.2 Å². The fourth-order valence-corrected chi connectivity index (χ4v) is 2.71.